The summed E-state index contributed by atoms with van der Waals surface area (Å²) in [5.41, 5.74) is 5.19. The zero-order valence-electron chi connectivity index (χ0n) is 12.2. The number of hydrogen-bond acceptors (Lipinski definition) is 3. The first-order valence-electron chi connectivity index (χ1n) is 6.61. The Labute approximate surface area is 135 Å². The average Bonchev–Trinajstić information content (AvgIpc) is 2.58. The van der Waals surface area contributed by atoms with Crippen molar-refractivity contribution < 1.29 is 18.0 Å². The quantitative estimate of drug-likeness (QED) is 0.532. The zero-order chi connectivity index (χ0) is 17.6. The van der Waals surface area contributed by atoms with E-state index in [1.165, 1.54) is 18.2 Å². The second kappa shape index (κ2) is 7.28. The summed E-state index contributed by atoms with van der Waals surface area (Å²) >= 11 is 0. The van der Waals surface area contributed by atoms with E-state index in [9.17, 15) is 13.2 Å². The van der Waals surface area contributed by atoms with Gasteiger partial charge in [0.05, 0.1) is 23.5 Å². The van der Waals surface area contributed by atoms with Crippen molar-refractivity contribution in [3.63, 3.8) is 0 Å². The molecule has 0 aliphatic heterocycles. The molecule has 0 bridgehead atoms. The van der Waals surface area contributed by atoms with E-state index >= 15 is 0 Å². The number of halogens is 3. The molecule has 0 unspecified atom stereocenters. The Balaban J connectivity index is 2.31. The van der Waals surface area contributed by atoms with Crippen molar-refractivity contribution in [2.24, 2.45) is 15.9 Å². The minimum atomic E-state index is -4.48. The maximum absolute atomic E-state index is 12.7. The van der Waals surface area contributed by atoms with Gasteiger partial charge in [0, 0.05) is 5.56 Å². The van der Waals surface area contributed by atoms with Crippen molar-refractivity contribution in [2.45, 2.75) is 6.18 Å². The molecular formula is C16H11F3N4O. The van der Waals surface area contributed by atoms with Crippen LogP contribution >= 0.6 is 0 Å². The summed E-state index contributed by atoms with van der Waals surface area (Å²) in [5.74, 6) is -0.0852. The third-order valence-electron chi connectivity index (χ3n) is 2.85. The Morgan fingerprint density at radius 2 is 1.92 bits per heavy atom. The summed E-state index contributed by atoms with van der Waals surface area (Å²) < 4.78 is 38.0. The van der Waals surface area contributed by atoms with E-state index in [2.05, 4.69) is 10.1 Å². The molecule has 0 saturated heterocycles. The zero-order valence-corrected chi connectivity index (χ0v) is 12.2. The molecule has 2 N–H and O–H groups in total. The van der Waals surface area contributed by atoms with E-state index in [1.54, 1.807) is 18.2 Å². The van der Waals surface area contributed by atoms with Crippen LogP contribution in [0.4, 0.5) is 13.2 Å². The van der Waals surface area contributed by atoms with Gasteiger partial charge in [-0.15, -0.1) is 0 Å². The summed E-state index contributed by atoms with van der Waals surface area (Å²) in [7, 11) is 0. The fourth-order valence-electron chi connectivity index (χ4n) is 1.77. The van der Waals surface area contributed by atoms with Gasteiger partial charge < -0.3 is 10.6 Å². The number of rotatable bonds is 3. The molecule has 0 spiro atoms. The van der Waals surface area contributed by atoms with Gasteiger partial charge in [0.25, 0.3) is 0 Å². The Bertz CT molecular complexity index is 823. The van der Waals surface area contributed by atoms with Crippen molar-refractivity contribution in [3.05, 3.63) is 65.2 Å². The molecule has 24 heavy (non-hydrogen) atoms. The fraction of sp³-hybridized carbons (Fsp3) is 0.0625. The number of aliphatic imine (C=N–C) groups is 1. The monoisotopic (exact) mass is 332 g/mol. The summed E-state index contributed by atoms with van der Waals surface area (Å²) in [6, 6.07) is 12.5. The first-order valence-corrected chi connectivity index (χ1v) is 6.61. The number of hydrogen-bond donors (Lipinski definition) is 1. The van der Waals surface area contributed by atoms with Gasteiger partial charge in [-0.25, -0.2) is 4.99 Å². The molecule has 0 fully saturated rings. The largest absolute Gasteiger partial charge is 0.416 e. The van der Waals surface area contributed by atoms with Crippen LogP contribution in [-0.4, -0.2) is 12.2 Å². The molecule has 2 rings (SSSR count). The lowest BCUT2D eigenvalue weighted by Crippen LogP contribution is -2.06. The van der Waals surface area contributed by atoms with Gasteiger partial charge >= 0.3 is 6.18 Å². The number of nitrogens with zero attached hydrogens (tertiary/aromatic N) is 3. The second-order valence-electron chi connectivity index (χ2n) is 4.50. The number of alkyl halides is 3. The van der Waals surface area contributed by atoms with E-state index in [1.807, 2.05) is 6.07 Å². The number of benzene rings is 2. The molecule has 0 aromatic heterocycles. The molecule has 0 radical (unpaired) electrons. The standard InChI is InChI=1S/C16H11F3N4O/c17-16(18,19)13-5-2-6-14(8-13)24-23-15(22-10-21)12-4-1-3-11(7-12)9-20/h1-8,10H,(H2,21,22,23). The molecule has 0 aliphatic rings. The van der Waals surface area contributed by atoms with Crippen LogP contribution in [0.25, 0.3) is 0 Å². The minimum absolute atomic E-state index is 0.0204. The van der Waals surface area contributed by atoms with Gasteiger partial charge in [0.2, 0.25) is 5.84 Å². The molecule has 8 heteroatoms. The molecular weight excluding hydrogens is 321 g/mol. The van der Waals surface area contributed by atoms with Crippen LogP contribution in [0.5, 0.6) is 5.75 Å². The van der Waals surface area contributed by atoms with Crippen molar-refractivity contribution in [2.75, 3.05) is 0 Å². The maximum atomic E-state index is 12.7. The molecule has 0 saturated carbocycles. The number of nitrogens with two attached hydrogens (primary N) is 1. The number of amidine groups is 1. The molecule has 2 aromatic carbocycles. The Morgan fingerprint density at radius 3 is 2.58 bits per heavy atom. The molecule has 122 valence electrons. The van der Waals surface area contributed by atoms with E-state index < -0.39 is 11.7 Å². The summed E-state index contributed by atoms with van der Waals surface area (Å²) in [5, 5.41) is 12.6. The lowest BCUT2D eigenvalue weighted by molar-refractivity contribution is -0.137. The third-order valence-corrected chi connectivity index (χ3v) is 2.85. The first kappa shape index (κ1) is 17.0. The van der Waals surface area contributed by atoms with Crippen LogP contribution < -0.4 is 10.6 Å². The van der Waals surface area contributed by atoms with Gasteiger partial charge in [-0.1, -0.05) is 23.4 Å². The van der Waals surface area contributed by atoms with Crippen LogP contribution in [0, 0.1) is 11.3 Å². The van der Waals surface area contributed by atoms with Gasteiger partial charge in [0.1, 0.15) is 0 Å². The van der Waals surface area contributed by atoms with Gasteiger partial charge in [0.15, 0.2) is 5.75 Å². The normalized spacial score (nSPS) is 12.2. The molecule has 0 aliphatic carbocycles. The van der Waals surface area contributed by atoms with E-state index in [0.29, 0.717) is 11.1 Å². The highest BCUT2D eigenvalue weighted by Gasteiger charge is 2.30. The highest BCUT2D eigenvalue weighted by molar-refractivity contribution is 6.02. The maximum Gasteiger partial charge on any atom is 0.416 e. The number of nitriles is 1. The third kappa shape index (κ3) is 4.33. The lowest BCUT2D eigenvalue weighted by Gasteiger charge is -2.07. The fourth-order valence-corrected chi connectivity index (χ4v) is 1.77. The van der Waals surface area contributed by atoms with Crippen molar-refractivity contribution in [3.8, 4) is 11.8 Å². The summed E-state index contributed by atoms with van der Waals surface area (Å²) in [4.78, 5) is 8.82. The Hall–Kier alpha value is -3.34. The van der Waals surface area contributed by atoms with Gasteiger partial charge in [-0.05, 0) is 30.3 Å². The van der Waals surface area contributed by atoms with Crippen molar-refractivity contribution >= 4 is 12.2 Å². The Kier molecular flexibility index (Phi) is 5.16. The topological polar surface area (TPSA) is 83.8 Å². The minimum Gasteiger partial charge on any atom is -0.390 e. The van der Waals surface area contributed by atoms with Crippen LogP contribution in [0.15, 0.2) is 58.7 Å². The molecule has 5 nitrogen and oxygen atoms in total. The summed E-state index contributed by atoms with van der Waals surface area (Å²) in [6.45, 7) is 0. The van der Waals surface area contributed by atoms with E-state index in [-0.39, 0.29) is 11.6 Å². The van der Waals surface area contributed by atoms with Crippen LogP contribution in [0.1, 0.15) is 16.7 Å². The highest BCUT2D eigenvalue weighted by atomic mass is 19.4. The van der Waals surface area contributed by atoms with Crippen molar-refractivity contribution in [1.82, 2.24) is 0 Å². The lowest BCUT2D eigenvalue weighted by atomic mass is 10.1. The first-order chi connectivity index (χ1) is 11.4. The average molecular weight is 332 g/mol. The van der Waals surface area contributed by atoms with E-state index in [4.69, 9.17) is 15.8 Å². The summed E-state index contributed by atoms with van der Waals surface area (Å²) in [6.07, 6.45) is -3.52. The van der Waals surface area contributed by atoms with Crippen LogP contribution in [0.3, 0.4) is 0 Å². The predicted molar refractivity (Wildman–Crippen MR) is 82.4 cm³/mol. The highest BCUT2D eigenvalue weighted by Crippen LogP contribution is 2.31. The SMILES string of the molecule is N#Cc1cccc(/C(N=CN)=N/Oc2cccc(C(F)(F)F)c2)c1. The van der Waals surface area contributed by atoms with Gasteiger partial charge in [-0.3, -0.25) is 0 Å². The van der Waals surface area contributed by atoms with Gasteiger partial charge in [-0.2, -0.15) is 18.4 Å². The molecule has 0 heterocycles. The van der Waals surface area contributed by atoms with E-state index in [0.717, 1.165) is 18.5 Å². The van der Waals surface area contributed by atoms with Crippen LogP contribution in [-0.2, 0) is 6.18 Å². The molecule has 0 amide bonds. The van der Waals surface area contributed by atoms with Crippen molar-refractivity contribution in [1.29, 1.82) is 5.26 Å². The Morgan fingerprint density at radius 1 is 1.17 bits per heavy atom. The second-order valence-corrected chi connectivity index (χ2v) is 4.50. The van der Waals surface area contributed by atoms with Crippen LogP contribution in [0.2, 0.25) is 0 Å². The predicted octanol–water partition coefficient (Wildman–Crippen LogP) is 3.30. The number of oxime groups is 1. The molecule has 2 aromatic rings. The molecule has 0 atom stereocenters. The smallest absolute Gasteiger partial charge is 0.390 e.